The summed E-state index contributed by atoms with van der Waals surface area (Å²) in [6.07, 6.45) is 0.737. The summed E-state index contributed by atoms with van der Waals surface area (Å²) in [5.41, 5.74) is 0.0761. The fourth-order valence-electron chi connectivity index (χ4n) is 3.00. The Morgan fingerprint density at radius 3 is 2.64 bits per heavy atom. The van der Waals surface area contributed by atoms with Crippen LogP contribution in [0.15, 0.2) is 47.4 Å². The maximum absolute atomic E-state index is 13.4. The third-order valence-corrected chi connectivity index (χ3v) is 5.85. The van der Waals surface area contributed by atoms with Crippen LogP contribution in [-0.2, 0) is 14.8 Å². The first-order valence-electron chi connectivity index (χ1n) is 9.01. The molecule has 0 aromatic heterocycles. The number of benzene rings is 2. The highest BCUT2D eigenvalue weighted by Gasteiger charge is 2.37. The van der Waals surface area contributed by atoms with Crippen LogP contribution in [0, 0.1) is 11.2 Å². The third-order valence-electron chi connectivity index (χ3n) is 4.47. The van der Waals surface area contributed by atoms with Crippen molar-refractivity contribution < 1.29 is 22.3 Å². The smallest absolute Gasteiger partial charge is 0.261 e. The number of nitrogens with zero attached hydrogens (tertiary/aromatic N) is 1. The maximum Gasteiger partial charge on any atom is 0.261 e. The first-order valence-corrected chi connectivity index (χ1v) is 10.5. The minimum atomic E-state index is -3.97. The zero-order valence-corrected chi connectivity index (χ0v) is 16.8. The summed E-state index contributed by atoms with van der Waals surface area (Å²) >= 11 is 0. The largest absolute Gasteiger partial charge is 0.490 e. The number of halogens is 1. The number of nitrogens with one attached hydrogen (secondary N) is 1. The Balaban J connectivity index is 1.99. The highest BCUT2D eigenvalue weighted by molar-refractivity contribution is 7.92. The standard InChI is InChI=1S/C20H23FN2O4S/c1-4-10-23-17-12-15(8-9-18(17)27-13-20(2,3)19(23)24)22-28(25,26)16-7-5-6-14(21)11-16/h5-9,11-12,22H,4,10,13H2,1-3H3. The fourth-order valence-corrected chi connectivity index (χ4v) is 4.08. The van der Waals surface area contributed by atoms with Gasteiger partial charge in [0, 0.05) is 6.54 Å². The molecule has 2 aromatic carbocycles. The van der Waals surface area contributed by atoms with Gasteiger partial charge in [0.05, 0.1) is 21.7 Å². The Hall–Kier alpha value is -2.61. The van der Waals surface area contributed by atoms with Gasteiger partial charge in [0.1, 0.15) is 18.2 Å². The minimum Gasteiger partial charge on any atom is -0.490 e. The lowest BCUT2D eigenvalue weighted by molar-refractivity contribution is -0.127. The lowest BCUT2D eigenvalue weighted by atomic mass is 9.93. The fraction of sp³-hybridized carbons (Fsp3) is 0.350. The molecule has 2 aromatic rings. The summed E-state index contributed by atoms with van der Waals surface area (Å²) in [6, 6.07) is 9.53. The van der Waals surface area contributed by atoms with Crippen LogP contribution in [0.4, 0.5) is 15.8 Å². The van der Waals surface area contributed by atoms with Crippen LogP contribution in [0.5, 0.6) is 5.75 Å². The number of amides is 1. The van der Waals surface area contributed by atoms with Gasteiger partial charge in [-0.15, -0.1) is 0 Å². The van der Waals surface area contributed by atoms with Crippen molar-refractivity contribution in [2.45, 2.75) is 32.1 Å². The second kappa shape index (κ2) is 7.43. The predicted molar refractivity (Wildman–Crippen MR) is 106 cm³/mol. The Morgan fingerprint density at radius 1 is 1.21 bits per heavy atom. The van der Waals surface area contributed by atoms with Crippen molar-refractivity contribution in [3.63, 3.8) is 0 Å². The molecule has 0 bridgehead atoms. The Kier molecular flexibility index (Phi) is 5.34. The second-order valence-corrected chi connectivity index (χ2v) is 9.06. The van der Waals surface area contributed by atoms with E-state index in [1.807, 2.05) is 20.8 Å². The number of anilines is 2. The van der Waals surface area contributed by atoms with Gasteiger partial charge in [0.2, 0.25) is 5.91 Å². The van der Waals surface area contributed by atoms with Crippen molar-refractivity contribution in [1.82, 2.24) is 0 Å². The van der Waals surface area contributed by atoms with E-state index >= 15 is 0 Å². The van der Waals surface area contributed by atoms with Gasteiger partial charge in [-0.05, 0) is 56.7 Å². The van der Waals surface area contributed by atoms with E-state index in [1.165, 1.54) is 18.2 Å². The van der Waals surface area contributed by atoms with Crippen LogP contribution < -0.4 is 14.4 Å². The maximum atomic E-state index is 13.4. The summed E-state index contributed by atoms with van der Waals surface area (Å²) in [5.74, 6) is -0.209. The van der Waals surface area contributed by atoms with Crippen LogP contribution in [0.1, 0.15) is 27.2 Å². The number of rotatable bonds is 5. The van der Waals surface area contributed by atoms with Crippen LogP contribution >= 0.6 is 0 Å². The monoisotopic (exact) mass is 406 g/mol. The number of sulfonamides is 1. The number of fused-ring (bicyclic) bond motifs is 1. The average molecular weight is 406 g/mol. The van der Waals surface area contributed by atoms with Gasteiger partial charge >= 0.3 is 0 Å². The van der Waals surface area contributed by atoms with Gasteiger partial charge in [0.25, 0.3) is 10.0 Å². The SMILES string of the molecule is CCCN1C(=O)C(C)(C)COc2ccc(NS(=O)(=O)c3cccc(F)c3)cc21. The molecule has 0 spiro atoms. The molecule has 0 saturated heterocycles. The van der Waals surface area contributed by atoms with Crippen LogP contribution in [0.3, 0.4) is 0 Å². The molecule has 0 aliphatic carbocycles. The average Bonchev–Trinajstić information content (AvgIpc) is 2.72. The van der Waals surface area contributed by atoms with E-state index in [2.05, 4.69) is 4.72 Å². The molecule has 3 rings (SSSR count). The first kappa shape index (κ1) is 20.1. The second-order valence-electron chi connectivity index (χ2n) is 7.37. The molecule has 0 radical (unpaired) electrons. The molecule has 1 heterocycles. The first-order chi connectivity index (χ1) is 13.1. The highest BCUT2D eigenvalue weighted by atomic mass is 32.2. The van der Waals surface area contributed by atoms with E-state index in [-0.39, 0.29) is 23.1 Å². The molecule has 8 heteroatoms. The third kappa shape index (κ3) is 3.96. The molecular formula is C20H23FN2O4S. The van der Waals surface area contributed by atoms with E-state index < -0.39 is 21.3 Å². The Morgan fingerprint density at radius 2 is 1.96 bits per heavy atom. The van der Waals surface area contributed by atoms with E-state index in [9.17, 15) is 17.6 Å². The molecule has 0 atom stereocenters. The Labute approximate surface area is 164 Å². The lowest BCUT2D eigenvalue weighted by Gasteiger charge is -2.28. The van der Waals surface area contributed by atoms with E-state index in [0.717, 1.165) is 12.5 Å². The van der Waals surface area contributed by atoms with Crippen molar-refractivity contribution >= 4 is 27.3 Å². The number of hydrogen-bond acceptors (Lipinski definition) is 4. The summed E-state index contributed by atoms with van der Waals surface area (Å²) in [5, 5.41) is 0. The van der Waals surface area contributed by atoms with Gasteiger partial charge in [-0.25, -0.2) is 12.8 Å². The Bertz CT molecular complexity index is 1010. The molecule has 150 valence electrons. The molecule has 28 heavy (non-hydrogen) atoms. The number of hydrogen-bond donors (Lipinski definition) is 1. The van der Waals surface area contributed by atoms with Crippen molar-refractivity contribution in [1.29, 1.82) is 0 Å². The van der Waals surface area contributed by atoms with Crippen molar-refractivity contribution in [3.05, 3.63) is 48.3 Å². The number of carbonyl (C=O) groups excluding carboxylic acids is 1. The van der Waals surface area contributed by atoms with Gasteiger partial charge < -0.3 is 9.64 Å². The molecular weight excluding hydrogens is 383 g/mol. The summed E-state index contributed by atoms with van der Waals surface area (Å²) in [7, 11) is -3.97. The van der Waals surface area contributed by atoms with Gasteiger partial charge in [-0.1, -0.05) is 13.0 Å². The zero-order chi connectivity index (χ0) is 20.5. The van der Waals surface area contributed by atoms with Crippen LogP contribution in [-0.4, -0.2) is 27.5 Å². The molecule has 0 fully saturated rings. The van der Waals surface area contributed by atoms with Crippen molar-refractivity contribution in [3.8, 4) is 5.75 Å². The molecule has 1 N–H and O–H groups in total. The zero-order valence-electron chi connectivity index (χ0n) is 16.0. The molecule has 1 aliphatic rings. The number of carbonyl (C=O) groups is 1. The quantitative estimate of drug-likeness (QED) is 0.820. The van der Waals surface area contributed by atoms with E-state index in [4.69, 9.17) is 4.74 Å². The molecule has 1 aliphatic heterocycles. The van der Waals surface area contributed by atoms with Crippen molar-refractivity contribution in [2.75, 3.05) is 22.8 Å². The minimum absolute atomic E-state index is 0.0850. The molecule has 6 nitrogen and oxygen atoms in total. The topological polar surface area (TPSA) is 75.7 Å². The molecule has 1 amide bonds. The van der Waals surface area contributed by atoms with Crippen LogP contribution in [0.2, 0.25) is 0 Å². The van der Waals surface area contributed by atoms with Crippen molar-refractivity contribution in [2.24, 2.45) is 5.41 Å². The molecule has 0 saturated carbocycles. The lowest BCUT2D eigenvalue weighted by Crippen LogP contribution is -2.42. The van der Waals surface area contributed by atoms with Gasteiger partial charge in [0.15, 0.2) is 0 Å². The number of ether oxygens (including phenoxy) is 1. The van der Waals surface area contributed by atoms with Crippen LogP contribution in [0.25, 0.3) is 0 Å². The van der Waals surface area contributed by atoms with E-state index in [1.54, 1.807) is 23.1 Å². The normalized spacial score (nSPS) is 16.1. The summed E-state index contributed by atoms with van der Waals surface area (Å²) in [4.78, 5) is 14.4. The predicted octanol–water partition coefficient (Wildman–Crippen LogP) is 3.79. The highest BCUT2D eigenvalue weighted by Crippen LogP contribution is 2.38. The van der Waals surface area contributed by atoms with E-state index in [0.29, 0.717) is 18.0 Å². The summed E-state index contributed by atoms with van der Waals surface area (Å²) < 4.78 is 46.8. The summed E-state index contributed by atoms with van der Waals surface area (Å²) in [6.45, 7) is 6.31. The van der Waals surface area contributed by atoms with Gasteiger partial charge in [-0.3, -0.25) is 9.52 Å². The molecule has 0 unspecified atom stereocenters. The van der Waals surface area contributed by atoms with Gasteiger partial charge in [-0.2, -0.15) is 0 Å².